The van der Waals surface area contributed by atoms with E-state index in [1.54, 1.807) is 0 Å². The maximum absolute atomic E-state index is 12.3. The van der Waals surface area contributed by atoms with Crippen LogP contribution in [0.1, 0.15) is 67.2 Å². The molecule has 0 unspecified atom stereocenters. The zero-order valence-corrected chi connectivity index (χ0v) is 27.4. The van der Waals surface area contributed by atoms with Gasteiger partial charge in [-0.05, 0) is 60.5 Å². The first-order valence-corrected chi connectivity index (χ1v) is 18.6. The third kappa shape index (κ3) is 5.76. The summed E-state index contributed by atoms with van der Waals surface area (Å²) in [5, 5.41) is 2.26. The lowest BCUT2D eigenvalue weighted by Gasteiger charge is -2.52. The van der Waals surface area contributed by atoms with Crippen LogP contribution in [-0.2, 0) is 28.2 Å². The van der Waals surface area contributed by atoms with E-state index in [1.807, 2.05) is 13.8 Å². The van der Waals surface area contributed by atoms with Crippen molar-refractivity contribution in [3.8, 4) is 0 Å². The Labute approximate surface area is 247 Å². The Balaban J connectivity index is 1.65. The molecule has 41 heavy (non-hydrogen) atoms. The first-order valence-electron chi connectivity index (χ1n) is 14.9. The van der Waals surface area contributed by atoms with Crippen LogP contribution >= 0.6 is 0 Å². The fraction of sp³-hybridized carbons (Fsp3) is 0.576. The van der Waals surface area contributed by atoms with Crippen molar-refractivity contribution in [1.82, 2.24) is 0 Å². The summed E-state index contributed by atoms with van der Waals surface area (Å²) in [7, 11) is -6.50. The van der Waals surface area contributed by atoms with Gasteiger partial charge in [-0.25, -0.2) is 0 Å². The summed E-state index contributed by atoms with van der Waals surface area (Å²) in [5.74, 6) is -1.03. The Morgan fingerprint density at radius 3 is 2.00 bits per heavy atom. The van der Waals surface area contributed by atoms with Gasteiger partial charge in [-0.3, -0.25) is 4.18 Å². The maximum Gasteiger partial charge on any atom is 0.264 e. The fourth-order valence-corrected chi connectivity index (χ4v) is 12.6. The van der Waals surface area contributed by atoms with Gasteiger partial charge in [0.2, 0.25) is 0 Å². The Morgan fingerprint density at radius 2 is 1.46 bits per heavy atom. The van der Waals surface area contributed by atoms with Gasteiger partial charge in [-0.2, -0.15) is 8.42 Å². The van der Waals surface area contributed by atoms with E-state index in [0.717, 1.165) is 31.9 Å². The summed E-state index contributed by atoms with van der Waals surface area (Å²) in [6.07, 6.45) is 4.70. The van der Waals surface area contributed by atoms with Crippen molar-refractivity contribution < 1.29 is 26.5 Å². The molecule has 224 valence electrons. The highest BCUT2D eigenvalue weighted by molar-refractivity contribution is 7.85. The van der Waals surface area contributed by atoms with E-state index in [1.165, 1.54) is 21.5 Å². The molecule has 5 rings (SSSR count). The quantitative estimate of drug-likeness (QED) is 0.225. The van der Waals surface area contributed by atoms with Crippen LogP contribution in [0.3, 0.4) is 0 Å². The van der Waals surface area contributed by atoms with Crippen LogP contribution in [0.2, 0.25) is 5.04 Å². The minimum atomic E-state index is -3.66. The molecule has 2 aromatic carbocycles. The zero-order valence-electron chi connectivity index (χ0n) is 25.6. The van der Waals surface area contributed by atoms with Crippen LogP contribution in [0.4, 0.5) is 0 Å². The summed E-state index contributed by atoms with van der Waals surface area (Å²) in [5.41, 5.74) is 2.15. The normalized spacial score (nSPS) is 28.3. The van der Waals surface area contributed by atoms with Gasteiger partial charge in [0, 0.05) is 17.9 Å². The Hall–Kier alpha value is -1.81. The molecule has 1 aliphatic heterocycles. The lowest BCUT2D eigenvalue weighted by Crippen LogP contribution is -2.68. The van der Waals surface area contributed by atoms with Crippen molar-refractivity contribution in [1.29, 1.82) is 0 Å². The van der Waals surface area contributed by atoms with Gasteiger partial charge in [-0.15, -0.1) is 0 Å². The minimum Gasteiger partial charge on any atom is -0.407 e. The molecule has 4 atom stereocenters. The molecule has 0 radical (unpaired) electrons. The van der Waals surface area contributed by atoms with Crippen LogP contribution in [0.15, 0.2) is 71.8 Å². The molecule has 0 amide bonds. The average molecular weight is 599 g/mol. The number of ether oxygens (including phenoxy) is 2. The largest absolute Gasteiger partial charge is 0.407 e. The summed E-state index contributed by atoms with van der Waals surface area (Å²) in [6, 6.07) is 21.3. The second-order valence-electron chi connectivity index (χ2n) is 13.7. The van der Waals surface area contributed by atoms with Crippen molar-refractivity contribution in [2.75, 3.05) is 19.5 Å². The first-order chi connectivity index (χ1) is 19.2. The summed E-state index contributed by atoms with van der Waals surface area (Å²) < 4.78 is 50.7. The third-order valence-electron chi connectivity index (χ3n) is 9.35. The van der Waals surface area contributed by atoms with E-state index >= 15 is 0 Å². The zero-order chi connectivity index (χ0) is 29.7. The smallest absolute Gasteiger partial charge is 0.264 e. The molecule has 3 aliphatic rings. The van der Waals surface area contributed by atoms with Crippen LogP contribution < -0.4 is 10.4 Å². The molecule has 1 heterocycles. The van der Waals surface area contributed by atoms with Gasteiger partial charge < -0.3 is 13.9 Å². The van der Waals surface area contributed by atoms with Gasteiger partial charge in [0.25, 0.3) is 18.4 Å². The molecule has 0 N–H and O–H groups in total. The lowest BCUT2D eigenvalue weighted by atomic mass is 9.59. The highest BCUT2D eigenvalue weighted by Gasteiger charge is 2.59. The SMILES string of the molecule is CC1(C)O[C@@H]2[C@H](O1)C1=C(CCCC1)[C@@](C)(CO[Si](c1ccccc1)(c1ccccc1)C(C)(C)C)[C@H]2COS(C)(=O)=O. The van der Waals surface area contributed by atoms with E-state index in [-0.39, 0.29) is 29.8 Å². The van der Waals surface area contributed by atoms with Crippen molar-refractivity contribution in [3.63, 3.8) is 0 Å². The van der Waals surface area contributed by atoms with Crippen LogP contribution in [0, 0.1) is 11.3 Å². The van der Waals surface area contributed by atoms with Crippen molar-refractivity contribution in [2.24, 2.45) is 11.3 Å². The van der Waals surface area contributed by atoms with Crippen LogP contribution in [-0.4, -0.2) is 54.2 Å². The number of hydrogen-bond acceptors (Lipinski definition) is 6. The summed E-state index contributed by atoms with van der Waals surface area (Å²) in [4.78, 5) is 0. The lowest BCUT2D eigenvalue weighted by molar-refractivity contribution is -0.153. The van der Waals surface area contributed by atoms with Crippen LogP contribution in [0.5, 0.6) is 0 Å². The molecule has 0 bridgehead atoms. The fourth-order valence-electron chi connectivity index (χ4n) is 7.52. The second-order valence-corrected chi connectivity index (χ2v) is 19.6. The van der Waals surface area contributed by atoms with Crippen molar-refractivity contribution >= 4 is 28.8 Å². The number of hydrogen-bond donors (Lipinski definition) is 0. The Bertz CT molecular complexity index is 1330. The van der Waals surface area contributed by atoms with E-state index in [4.69, 9.17) is 18.1 Å². The molecule has 0 saturated carbocycles. The molecule has 0 spiro atoms. The molecule has 1 saturated heterocycles. The highest BCUT2D eigenvalue weighted by Crippen LogP contribution is 2.56. The topological polar surface area (TPSA) is 71.1 Å². The second kappa shape index (κ2) is 11.0. The molecule has 0 aromatic heterocycles. The van der Waals surface area contributed by atoms with E-state index in [9.17, 15) is 8.42 Å². The van der Waals surface area contributed by atoms with Crippen molar-refractivity contribution in [3.05, 3.63) is 71.8 Å². The molecule has 8 heteroatoms. The number of fused-ring (bicyclic) bond motifs is 2. The molecular formula is C33H46O6SSi. The molecule has 2 aliphatic carbocycles. The summed E-state index contributed by atoms with van der Waals surface area (Å²) >= 11 is 0. The van der Waals surface area contributed by atoms with Gasteiger partial charge in [0.15, 0.2) is 5.79 Å². The minimum absolute atomic E-state index is 0.0246. The van der Waals surface area contributed by atoms with Crippen molar-refractivity contribution in [2.45, 2.75) is 90.3 Å². The predicted octanol–water partition coefficient (Wildman–Crippen LogP) is 5.57. The summed E-state index contributed by atoms with van der Waals surface area (Å²) in [6.45, 7) is 13.4. The highest BCUT2D eigenvalue weighted by atomic mass is 32.2. The average Bonchev–Trinajstić information content (AvgIpc) is 3.24. The van der Waals surface area contributed by atoms with E-state index < -0.39 is 29.6 Å². The van der Waals surface area contributed by atoms with Gasteiger partial charge in [-0.1, -0.05) is 93.9 Å². The van der Waals surface area contributed by atoms with Gasteiger partial charge in [0.05, 0.1) is 19.0 Å². The van der Waals surface area contributed by atoms with E-state index in [0.29, 0.717) is 6.61 Å². The standard InChI is InChI=1S/C33H46O6SSi/c1-31(2,3)41(24-16-10-8-11-17-24,25-18-12-9-13-19-25)37-23-33(6)27-21-15-14-20-26(27)29-30(39-32(4,5)38-29)28(33)22-36-40(7,34)35/h8-13,16-19,28-30H,14-15,20-23H2,1-7H3/t28-,29+,30-,33+/m0/s1. The Morgan fingerprint density at radius 1 is 0.902 bits per heavy atom. The monoisotopic (exact) mass is 598 g/mol. The number of benzene rings is 2. The number of rotatable bonds is 8. The van der Waals surface area contributed by atoms with Crippen LogP contribution in [0.25, 0.3) is 0 Å². The molecular weight excluding hydrogens is 553 g/mol. The van der Waals surface area contributed by atoms with Gasteiger partial charge >= 0.3 is 0 Å². The molecule has 2 aromatic rings. The molecule has 6 nitrogen and oxygen atoms in total. The van der Waals surface area contributed by atoms with E-state index in [2.05, 4.69) is 88.4 Å². The molecule has 1 fully saturated rings. The predicted molar refractivity (Wildman–Crippen MR) is 165 cm³/mol. The maximum atomic E-state index is 12.3. The third-order valence-corrected chi connectivity index (χ3v) is 14.9. The first kappa shape index (κ1) is 30.6. The Kier molecular flexibility index (Phi) is 8.24. The van der Waals surface area contributed by atoms with Gasteiger partial charge in [0.1, 0.15) is 6.10 Å².